The van der Waals surface area contributed by atoms with Crippen molar-refractivity contribution < 1.29 is 9.53 Å². The third-order valence-electron chi connectivity index (χ3n) is 3.67. The number of methoxy groups -OCH3 is 1. The fourth-order valence-corrected chi connectivity index (χ4v) is 2.38. The van der Waals surface area contributed by atoms with Gasteiger partial charge in [0, 0.05) is 11.1 Å². The van der Waals surface area contributed by atoms with Crippen LogP contribution in [0.1, 0.15) is 15.9 Å². The van der Waals surface area contributed by atoms with Crippen molar-refractivity contribution in [1.29, 1.82) is 0 Å². The summed E-state index contributed by atoms with van der Waals surface area (Å²) in [4.78, 5) is 12.2. The fourth-order valence-electron chi connectivity index (χ4n) is 2.38. The average Bonchev–Trinajstić information content (AvgIpc) is 2.65. The van der Waals surface area contributed by atoms with Crippen molar-refractivity contribution in [2.45, 2.75) is 0 Å². The SMILES string of the molecule is COc1ccc(C#CCNC(=O)c2ccc3ccccc3c2)cc1. The number of benzene rings is 3. The largest absolute Gasteiger partial charge is 0.497 e. The van der Waals surface area contributed by atoms with Crippen molar-refractivity contribution in [3.8, 4) is 17.6 Å². The highest BCUT2D eigenvalue weighted by Crippen LogP contribution is 2.15. The zero-order valence-corrected chi connectivity index (χ0v) is 13.4. The van der Waals surface area contributed by atoms with Gasteiger partial charge in [0.1, 0.15) is 5.75 Å². The fraction of sp³-hybridized carbons (Fsp3) is 0.0952. The molecule has 3 rings (SSSR count). The minimum atomic E-state index is -0.121. The number of amides is 1. The smallest absolute Gasteiger partial charge is 0.252 e. The van der Waals surface area contributed by atoms with Gasteiger partial charge >= 0.3 is 0 Å². The van der Waals surface area contributed by atoms with Crippen molar-refractivity contribution in [2.75, 3.05) is 13.7 Å². The van der Waals surface area contributed by atoms with E-state index in [1.54, 1.807) is 7.11 Å². The first-order chi connectivity index (χ1) is 11.8. The first-order valence-corrected chi connectivity index (χ1v) is 7.66. The van der Waals surface area contributed by atoms with E-state index in [1.165, 1.54) is 0 Å². The number of rotatable bonds is 3. The summed E-state index contributed by atoms with van der Waals surface area (Å²) in [6.07, 6.45) is 0. The lowest BCUT2D eigenvalue weighted by atomic mass is 10.1. The summed E-state index contributed by atoms with van der Waals surface area (Å²) >= 11 is 0. The van der Waals surface area contributed by atoms with Crippen LogP contribution in [-0.4, -0.2) is 19.6 Å². The molecule has 118 valence electrons. The molecule has 0 aromatic heterocycles. The Morgan fingerprint density at radius 3 is 2.50 bits per heavy atom. The summed E-state index contributed by atoms with van der Waals surface area (Å²) in [5.74, 6) is 6.64. The Bertz CT molecular complexity index is 918. The van der Waals surface area contributed by atoms with E-state index in [0.29, 0.717) is 12.1 Å². The molecule has 0 aliphatic heterocycles. The second-order valence-electron chi connectivity index (χ2n) is 5.27. The molecule has 0 spiro atoms. The molecule has 0 aliphatic carbocycles. The van der Waals surface area contributed by atoms with E-state index in [9.17, 15) is 4.79 Å². The molecule has 3 aromatic carbocycles. The molecule has 1 amide bonds. The van der Waals surface area contributed by atoms with Gasteiger partial charge in [-0.25, -0.2) is 0 Å². The van der Waals surface area contributed by atoms with Crippen LogP contribution in [0.5, 0.6) is 5.75 Å². The second kappa shape index (κ2) is 7.34. The number of carbonyl (C=O) groups excluding carboxylic acids is 1. The van der Waals surface area contributed by atoms with Gasteiger partial charge in [-0.1, -0.05) is 42.2 Å². The first kappa shape index (κ1) is 15.6. The highest BCUT2D eigenvalue weighted by molar-refractivity contribution is 5.98. The van der Waals surface area contributed by atoms with E-state index in [0.717, 1.165) is 22.1 Å². The number of fused-ring (bicyclic) bond motifs is 1. The Morgan fingerprint density at radius 1 is 1.00 bits per heavy atom. The van der Waals surface area contributed by atoms with Crippen LogP contribution in [0.25, 0.3) is 10.8 Å². The van der Waals surface area contributed by atoms with Crippen LogP contribution < -0.4 is 10.1 Å². The molecular weight excluding hydrogens is 298 g/mol. The molecule has 0 saturated heterocycles. The lowest BCUT2D eigenvalue weighted by Gasteiger charge is -2.03. The van der Waals surface area contributed by atoms with Gasteiger partial charge in [-0.2, -0.15) is 0 Å². The molecule has 3 heteroatoms. The van der Waals surface area contributed by atoms with Crippen LogP contribution in [0.4, 0.5) is 0 Å². The van der Waals surface area contributed by atoms with Gasteiger partial charge in [-0.15, -0.1) is 0 Å². The Labute approximate surface area is 141 Å². The number of carbonyl (C=O) groups is 1. The van der Waals surface area contributed by atoms with Gasteiger partial charge in [0.25, 0.3) is 5.91 Å². The van der Waals surface area contributed by atoms with Crippen molar-refractivity contribution in [1.82, 2.24) is 5.32 Å². The molecule has 0 fully saturated rings. The first-order valence-electron chi connectivity index (χ1n) is 7.66. The molecule has 1 N–H and O–H groups in total. The maximum atomic E-state index is 12.2. The second-order valence-corrected chi connectivity index (χ2v) is 5.27. The summed E-state index contributed by atoms with van der Waals surface area (Å²) < 4.78 is 5.10. The van der Waals surface area contributed by atoms with Crippen molar-refractivity contribution >= 4 is 16.7 Å². The topological polar surface area (TPSA) is 38.3 Å². The van der Waals surface area contributed by atoms with E-state index in [2.05, 4.69) is 17.2 Å². The van der Waals surface area contributed by atoms with Gasteiger partial charge in [0.15, 0.2) is 0 Å². The van der Waals surface area contributed by atoms with E-state index < -0.39 is 0 Å². The summed E-state index contributed by atoms with van der Waals surface area (Å²) in [5, 5.41) is 4.99. The van der Waals surface area contributed by atoms with Crippen LogP contribution in [-0.2, 0) is 0 Å². The van der Waals surface area contributed by atoms with E-state index in [-0.39, 0.29) is 5.91 Å². The molecule has 3 nitrogen and oxygen atoms in total. The molecule has 0 bridgehead atoms. The zero-order chi connectivity index (χ0) is 16.8. The van der Waals surface area contributed by atoms with Crippen LogP contribution in [0.15, 0.2) is 66.7 Å². The van der Waals surface area contributed by atoms with Crippen LogP contribution in [0.3, 0.4) is 0 Å². The van der Waals surface area contributed by atoms with Gasteiger partial charge < -0.3 is 10.1 Å². The van der Waals surface area contributed by atoms with Crippen molar-refractivity contribution in [2.24, 2.45) is 0 Å². The Morgan fingerprint density at radius 2 is 1.75 bits per heavy atom. The molecule has 0 radical (unpaired) electrons. The van der Waals surface area contributed by atoms with Crippen molar-refractivity contribution in [3.63, 3.8) is 0 Å². The third-order valence-corrected chi connectivity index (χ3v) is 3.67. The summed E-state index contributed by atoms with van der Waals surface area (Å²) in [5.41, 5.74) is 1.52. The molecule has 0 atom stereocenters. The molecule has 0 unspecified atom stereocenters. The van der Waals surface area contributed by atoms with Crippen LogP contribution >= 0.6 is 0 Å². The maximum Gasteiger partial charge on any atom is 0.252 e. The minimum absolute atomic E-state index is 0.121. The minimum Gasteiger partial charge on any atom is -0.497 e. The zero-order valence-electron chi connectivity index (χ0n) is 13.4. The molecule has 0 heterocycles. The Kier molecular flexibility index (Phi) is 4.78. The normalized spacial score (nSPS) is 9.88. The van der Waals surface area contributed by atoms with Gasteiger partial charge in [0.05, 0.1) is 13.7 Å². The monoisotopic (exact) mass is 315 g/mol. The predicted molar refractivity (Wildman–Crippen MR) is 96.2 cm³/mol. The van der Waals surface area contributed by atoms with Gasteiger partial charge in [-0.05, 0) is 47.2 Å². The molecular formula is C21H17NO2. The summed E-state index contributed by atoms with van der Waals surface area (Å²) in [6, 6.07) is 21.1. The molecule has 0 saturated carbocycles. The molecule has 24 heavy (non-hydrogen) atoms. The number of hydrogen-bond acceptors (Lipinski definition) is 2. The highest BCUT2D eigenvalue weighted by Gasteiger charge is 2.04. The van der Waals surface area contributed by atoms with Gasteiger partial charge in [0.2, 0.25) is 0 Å². The standard InChI is InChI=1S/C21H17NO2/c1-24-20-12-8-16(9-13-20)5-4-14-22-21(23)19-11-10-17-6-2-3-7-18(17)15-19/h2-3,6-13,15H,14H2,1H3,(H,22,23). The van der Waals surface area contributed by atoms with Crippen LogP contribution in [0, 0.1) is 11.8 Å². The summed E-state index contributed by atoms with van der Waals surface area (Å²) in [6.45, 7) is 0.303. The lowest BCUT2D eigenvalue weighted by Crippen LogP contribution is -2.23. The number of ether oxygens (including phenoxy) is 1. The van der Waals surface area contributed by atoms with E-state index in [1.807, 2.05) is 66.7 Å². The number of nitrogens with one attached hydrogen (secondary N) is 1. The average molecular weight is 315 g/mol. The van der Waals surface area contributed by atoms with E-state index in [4.69, 9.17) is 4.74 Å². The highest BCUT2D eigenvalue weighted by atomic mass is 16.5. The van der Waals surface area contributed by atoms with Crippen LogP contribution in [0.2, 0.25) is 0 Å². The molecule has 3 aromatic rings. The Balaban J connectivity index is 1.61. The lowest BCUT2D eigenvalue weighted by molar-refractivity contribution is 0.0959. The maximum absolute atomic E-state index is 12.2. The Hall–Kier alpha value is -3.25. The quantitative estimate of drug-likeness (QED) is 0.750. The van der Waals surface area contributed by atoms with Gasteiger partial charge in [-0.3, -0.25) is 4.79 Å². The number of hydrogen-bond donors (Lipinski definition) is 1. The van der Waals surface area contributed by atoms with Crippen molar-refractivity contribution in [3.05, 3.63) is 77.9 Å². The van der Waals surface area contributed by atoms with E-state index >= 15 is 0 Å². The summed E-state index contributed by atoms with van der Waals surface area (Å²) in [7, 11) is 1.63. The predicted octanol–water partition coefficient (Wildman–Crippen LogP) is 3.63. The molecule has 0 aliphatic rings. The third kappa shape index (κ3) is 3.74.